The summed E-state index contributed by atoms with van der Waals surface area (Å²) >= 11 is 0. The number of hydrogen-bond donors (Lipinski definition) is 1. The predicted octanol–water partition coefficient (Wildman–Crippen LogP) is 1.40. The molecule has 3 heteroatoms. The molecule has 0 saturated carbocycles. The Kier molecular flexibility index (Phi) is 6.32. The van der Waals surface area contributed by atoms with E-state index < -0.39 is 0 Å². The van der Waals surface area contributed by atoms with Crippen LogP contribution in [0.2, 0.25) is 0 Å². The average molecular weight is 227 g/mol. The molecule has 0 spiro atoms. The first-order chi connectivity index (χ1) is 7.63. The first kappa shape index (κ1) is 13.9. The average Bonchev–Trinajstić information content (AvgIpc) is 2.27. The van der Waals surface area contributed by atoms with Crippen LogP contribution in [0.4, 0.5) is 0 Å². The molecule has 1 unspecified atom stereocenters. The van der Waals surface area contributed by atoms with E-state index in [4.69, 9.17) is 0 Å². The van der Waals surface area contributed by atoms with Crippen molar-refractivity contribution in [3.05, 3.63) is 0 Å². The maximum atomic E-state index is 3.47. The highest BCUT2D eigenvalue weighted by atomic mass is 15.3. The van der Waals surface area contributed by atoms with E-state index >= 15 is 0 Å². The largest absolute Gasteiger partial charge is 0.314 e. The monoisotopic (exact) mass is 227 g/mol. The molecule has 1 heterocycles. The van der Waals surface area contributed by atoms with E-state index in [1.165, 1.54) is 39.1 Å². The minimum absolute atomic E-state index is 0.660. The summed E-state index contributed by atoms with van der Waals surface area (Å²) in [7, 11) is 0. The molecule has 0 radical (unpaired) electrons. The Labute approximate surface area is 101 Å². The summed E-state index contributed by atoms with van der Waals surface area (Å²) in [5.41, 5.74) is 0. The lowest BCUT2D eigenvalue weighted by atomic mass is 10.2. The molecule has 16 heavy (non-hydrogen) atoms. The van der Waals surface area contributed by atoms with E-state index in [9.17, 15) is 0 Å². The van der Waals surface area contributed by atoms with E-state index in [1.54, 1.807) is 0 Å². The summed E-state index contributed by atoms with van der Waals surface area (Å²) in [4.78, 5) is 5.18. The van der Waals surface area contributed by atoms with Gasteiger partial charge in [-0.15, -0.1) is 0 Å². The van der Waals surface area contributed by atoms with Gasteiger partial charge in [0.15, 0.2) is 0 Å². The Morgan fingerprint density at radius 2 is 1.69 bits per heavy atom. The lowest BCUT2D eigenvalue weighted by molar-refractivity contribution is 0.106. The SMILES string of the molecule is CCNC(C)CCN1CCN(C(C)C)CC1. The molecule has 1 aliphatic rings. The zero-order valence-corrected chi connectivity index (χ0v) is 11.5. The Morgan fingerprint density at radius 3 is 2.19 bits per heavy atom. The highest BCUT2D eigenvalue weighted by Crippen LogP contribution is 2.06. The number of nitrogens with one attached hydrogen (secondary N) is 1. The number of rotatable bonds is 6. The molecule has 0 aromatic heterocycles. The molecule has 3 nitrogen and oxygen atoms in total. The second-order valence-corrected chi connectivity index (χ2v) is 5.22. The number of nitrogens with zero attached hydrogens (tertiary/aromatic N) is 2. The third-order valence-electron chi connectivity index (χ3n) is 3.57. The van der Waals surface area contributed by atoms with Crippen LogP contribution in [0.3, 0.4) is 0 Å². The molecule has 1 N–H and O–H groups in total. The van der Waals surface area contributed by atoms with Crippen molar-refractivity contribution in [2.24, 2.45) is 0 Å². The lowest BCUT2D eigenvalue weighted by Gasteiger charge is -2.37. The van der Waals surface area contributed by atoms with Crippen molar-refractivity contribution in [2.45, 2.75) is 46.2 Å². The first-order valence-electron chi connectivity index (χ1n) is 6.83. The van der Waals surface area contributed by atoms with Crippen LogP contribution in [0.1, 0.15) is 34.1 Å². The lowest BCUT2D eigenvalue weighted by Crippen LogP contribution is -2.49. The molecule has 1 saturated heterocycles. The second-order valence-electron chi connectivity index (χ2n) is 5.22. The maximum absolute atomic E-state index is 3.47. The fourth-order valence-electron chi connectivity index (χ4n) is 2.33. The normalized spacial score (nSPS) is 21.6. The van der Waals surface area contributed by atoms with Crippen molar-refractivity contribution < 1.29 is 0 Å². The molecule has 0 amide bonds. The van der Waals surface area contributed by atoms with Crippen molar-refractivity contribution in [1.82, 2.24) is 15.1 Å². The van der Waals surface area contributed by atoms with Gasteiger partial charge in [-0.25, -0.2) is 0 Å². The molecule has 1 fully saturated rings. The maximum Gasteiger partial charge on any atom is 0.0113 e. The fourth-order valence-corrected chi connectivity index (χ4v) is 2.33. The van der Waals surface area contributed by atoms with Gasteiger partial charge in [0.05, 0.1) is 0 Å². The molecule has 0 aromatic rings. The molecule has 1 rings (SSSR count). The molecular weight excluding hydrogens is 198 g/mol. The van der Waals surface area contributed by atoms with Crippen LogP contribution < -0.4 is 5.32 Å². The Balaban J connectivity index is 2.12. The van der Waals surface area contributed by atoms with Crippen molar-refractivity contribution in [3.8, 4) is 0 Å². The smallest absolute Gasteiger partial charge is 0.0113 e. The third-order valence-corrected chi connectivity index (χ3v) is 3.57. The van der Waals surface area contributed by atoms with Gasteiger partial charge in [-0.3, -0.25) is 4.90 Å². The van der Waals surface area contributed by atoms with Crippen molar-refractivity contribution in [3.63, 3.8) is 0 Å². The van der Waals surface area contributed by atoms with Crippen molar-refractivity contribution >= 4 is 0 Å². The Morgan fingerprint density at radius 1 is 1.06 bits per heavy atom. The van der Waals surface area contributed by atoms with Gasteiger partial charge < -0.3 is 10.2 Å². The molecule has 0 aliphatic carbocycles. The minimum atomic E-state index is 0.660. The van der Waals surface area contributed by atoms with E-state index in [1.807, 2.05) is 0 Å². The molecule has 1 aliphatic heterocycles. The van der Waals surface area contributed by atoms with Crippen LogP contribution in [0.25, 0.3) is 0 Å². The van der Waals surface area contributed by atoms with Gasteiger partial charge in [0, 0.05) is 38.3 Å². The van der Waals surface area contributed by atoms with Gasteiger partial charge in [0.2, 0.25) is 0 Å². The summed E-state index contributed by atoms with van der Waals surface area (Å²) in [6.07, 6.45) is 1.27. The van der Waals surface area contributed by atoms with Crippen LogP contribution in [0.5, 0.6) is 0 Å². The fraction of sp³-hybridized carbons (Fsp3) is 1.00. The van der Waals surface area contributed by atoms with Crippen molar-refractivity contribution in [1.29, 1.82) is 0 Å². The zero-order chi connectivity index (χ0) is 12.0. The topological polar surface area (TPSA) is 18.5 Å². The van der Waals surface area contributed by atoms with Gasteiger partial charge in [-0.05, 0) is 40.3 Å². The standard InChI is InChI=1S/C13H29N3/c1-5-14-13(4)6-7-15-8-10-16(11-9-15)12(2)3/h12-14H,5-11H2,1-4H3. The molecule has 0 bridgehead atoms. The quantitative estimate of drug-likeness (QED) is 0.740. The van der Waals surface area contributed by atoms with E-state index in [-0.39, 0.29) is 0 Å². The Bertz CT molecular complexity index is 174. The molecule has 0 aromatic carbocycles. The zero-order valence-electron chi connectivity index (χ0n) is 11.5. The van der Waals surface area contributed by atoms with Crippen LogP contribution in [-0.2, 0) is 0 Å². The van der Waals surface area contributed by atoms with E-state index in [0.717, 1.165) is 6.54 Å². The predicted molar refractivity (Wildman–Crippen MR) is 70.9 cm³/mol. The summed E-state index contributed by atoms with van der Waals surface area (Å²) in [5.74, 6) is 0. The highest BCUT2D eigenvalue weighted by molar-refractivity contribution is 4.75. The van der Waals surface area contributed by atoms with Gasteiger partial charge >= 0.3 is 0 Å². The van der Waals surface area contributed by atoms with Gasteiger partial charge in [0.25, 0.3) is 0 Å². The summed E-state index contributed by atoms with van der Waals surface area (Å²) in [5, 5.41) is 3.47. The van der Waals surface area contributed by atoms with Crippen LogP contribution in [-0.4, -0.2) is 61.2 Å². The summed E-state index contributed by atoms with van der Waals surface area (Å²) in [6.45, 7) is 16.4. The molecule has 1 atom stereocenters. The van der Waals surface area contributed by atoms with Gasteiger partial charge in [-0.1, -0.05) is 6.92 Å². The molecule has 96 valence electrons. The molecular formula is C13H29N3. The first-order valence-corrected chi connectivity index (χ1v) is 6.83. The minimum Gasteiger partial charge on any atom is -0.314 e. The number of piperazine rings is 1. The summed E-state index contributed by atoms with van der Waals surface area (Å²) < 4.78 is 0. The van der Waals surface area contributed by atoms with Crippen LogP contribution >= 0.6 is 0 Å². The number of hydrogen-bond acceptors (Lipinski definition) is 3. The van der Waals surface area contributed by atoms with Crippen molar-refractivity contribution in [2.75, 3.05) is 39.3 Å². The Hall–Kier alpha value is -0.120. The van der Waals surface area contributed by atoms with Gasteiger partial charge in [0.1, 0.15) is 0 Å². The van der Waals surface area contributed by atoms with E-state index in [0.29, 0.717) is 12.1 Å². The van der Waals surface area contributed by atoms with E-state index in [2.05, 4.69) is 42.8 Å². The summed E-state index contributed by atoms with van der Waals surface area (Å²) in [6, 6.07) is 1.37. The van der Waals surface area contributed by atoms with Crippen LogP contribution in [0, 0.1) is 0 Å². The highest BCUT2D eigenvalue weighted by Gasteiger charge is 2.18. The van der Waals surface area contributed by atoms with Gasteiger partial charge in [-0.2, -0.15) is 0 Å². The third kappa shape index (κ3) is 4.81. The van der Waals surface area contributed by atoms with Crippen LogP contribution in [0.15, 0.2) is 0 Å². The second kappa shape index (κ2) is 7.25.